The summed E-state index contributed by atoms with van der Waals surface area (Å²) in [4.78, 5) is 34.8. The third-order valence-corrected chi connectivity index (χ3v) is 2.98. The van der Waals surface area contributed by atoms with Crippen LogP contribution in [0.4, 0.5) is 11.4 Å². The minimum Gasteiger partial charge on any atom is -0.481 e. The molecule has 0 aliphatic rings. The summed E-state index contributed by atoms with van der Waals surface area (Å²) in [6, 6.07) is 4.00. The van der Waals surface area contributed by atoms with Gasteiger partial charge >= 0.3 is 5.97 Å². The van der Waals surface area contributed by atoms with Crippen LogP contribution in [-0.4, -0.2) is 39.9 Å². The Morgan fingerprint density at radius 1 is 1.41 bits per heavy atom. The predicted octanol–water partition coefficient (Wildman–Crippen LogP) is 1.75. The fourth-order valence-corrected chi connectivity index (χ4v) is 2.02. The molecule has 0 saturated heterocycles. The van der Waals surface area contributed by atoms with Crippen LogP contribution in [0.2, 0.25) is 0 Å². The van der Waals surface area contributed by atoms with Gasteiger partial charge in [-0.3, -0.25) is 19.7 Å². The number of hydrogen-bond donors (Lipinski definition) is 2. The Kier molecular flexibility index (Phi) is 5.85. The lowest BCUT2D eigenvalue weighted by molar-refractivity contribution is -0.383. The van der Waals surface area contributed by atoms with Crippen LogP contribution in [0.25, 0.3) is 0 Å². The zero-order valence-corrected chi connectivity index (χ0v) is 12.5. The van der Waals surface area contributed by atoms with E-state index in [9.17, 15) is 19.7 Å². The number of aliphatic carboxylic acids is 1. The fraction of sp³-hybridized carbons (Fsp3) is 0.429. The van der Waals surface area contributed by atoms with Crippen LogP contribution >= 0.6 is 0 Å². The highest BCUT2D eigenvalue weighted by Crippen LogP contribution is 2.26. The second-order valence-electron chi connectivity index (χ2n) is 5.28. The van der Waals surface area contributed by atoms with Crippen LogP contribution < -0.4 is 5.73 Å². The highest BCUT2D eigenvalue weighted by atomic mass is 16.6. The van der Waals surface area contributed by atoms with E-state index in [2.05, 4.69) is 0 Å². The van der Waals surface area contributed by atoms with E-state index in [0.717, 1.165) is 0 Å². The minimum absolute atomic E-state index is 0.0141. The van der Waals surface area contributed by atoms with Crippen LogP contribution in [-0.2, 0) is 4.79 Å². The zero-order chi connectivity index (χ0) is 16.9. The summed E-state index contributed by atoms with van der Waals surface area (Å²) in [6.07, 6.45) is -0.201. The smallest absolute Gasteiger partial charge is 0.305 e. The number of amides is 1. The van der Waals surface area contributed by atoms with Crippen LogP contribution in [0.5, 0.6) is 0 Å². The van der Waals surface area contributed by atoms with Gasteiger partial charge in [0.05, 0.1) is 16.9 Å². The van der Waals surface area contributed by atoms with Crippen molar-refractivity contribution in [3.05, 3.63) is 33.9 Å². The Labute approximate surface area is 127 Å². The van der Waals surface area contributed by atoms with Gasteiger partial charge in [0.1, 0.15) is 5.69 Å². The summed E-state index contributed by atoms with van der Waals surface area (Å²) in [5.41, 5.74) is 5.17. The standard InChI is InChI=1S/C14H19N3O5/c1-9(2)8-16(7-6-12(18)19)14(20)10-4-3-5-11(13(10)15)17(21)22/h3-5,9H,6-8,15H2,1-2H3,(H,18,19). The van der Waals surface area contributed by atoms with E-state index < -0.39 is 16.8 Å². The van der Waals surface area contributed by atoms with Crippen LogP contribution in [0.1, 0.15) is 30.6 Å². The number of carboxylic acid groups (broad SMARTS) is 1. The number of anilines is 1. The molecule has 0 heterocycles. The van der Waals surface area contributed by atoms with Crippen molar-refractivity contribution in [2.24, 2.45) is 5.92 Å². The van der Waals surface area contributed by atoms with Gasteiger partial charge in [0.2, 0.25) is 0 Å². The van der Waals surface area contributed by atoms with Crippen molar-refractivity contribution >= 4 is 23.3 Å². The molecule has 0 spiro atoms. The van der Waals surface area contributed by atoms with Crippen molar-refractivity contribution in [2.75, 3.05) is 18.8 Å². The summed E-state index contributed by atoms with van der Waals surface area (Å²) < 4.78 is 0. The van der Waals surface area contributed by atoms with E-state index in [4.69, 9.17) is 10.8 Å². The molecule has 0 bridgehead atoms. The first kappa shape index (κ1) is 17.4. The lowest BCUT2D eigenvalue weighted by Gasteiger charge is -2.24. The molecule has 0 aromatic heterocycles. The largest absolute Gasteiger partial charge is 0.481 e. The van der Waals surface area contributed by atoms with Crippen LogP contribution in [0, 0.1) is 16.0 Å². The highest BCUT2D eigenvalue weighted by Gasteiger charge is 2.24. The fourth-order valence-electron chi connectivity index (χ4n) is 2.02. The first-order valence-corrected chi connectivity index (χ1v) is 6.78. The number of benzene rings is 1. The number of nitrogens with zero attached hydrogens (tertiary/aromatic N) is 2. The number of para-hydroxylation sites is 1. The number of carbonyl (C=O) groups is 2. The number of nitro benzene ring substituents is 1. The molecule has 1 aromatic carbocycles. The lowest BCUT2D eigenvalue weighted by atomic mass is 10.1. The van der Waals surface area contributed by atoms with Crippen LogP contribution in [0.3, 0.4) is 0 Å². The van der Waals surface area contributed by atoms with E-state index in [0.29, 0.717) is 6.54 Å². The van der Waals surface area contributed by atoms with Gasteiger partial charge in [-0.05, 0) is 12.0 Å². The van der Waals surface area contributed by atoms with Gasteiger partial charge < -0.3 is 15.7 Å². The Balaban J connectivity index is 3.10. The van der Waals surface area contributed by atoms with Crippen molar-refractivity contribution < 1.29 is 19.6 Å². The van der Waals surface area contributed by atoms with Gasteiger partial charge in [0.15, 0.2) is 0 Å². The van der Waals surface area contributed by atoms with E-state index in [1.807, 2.05) is 13.8 Å². The third-order valence-electron chi connectivity index (χ3n) is 2.98. The second kappa shape index (κ2) is 7.39. The Hall–Kier alpha value is -2.64. The normalized spacial score (nSPS) is 10.5. The summed E-state index contributed by atoms with van der Waals surface area (Å²) in [5, 5.41) is 19.7. The zero-order valence-electron chi connectivity index (χ0n) is 12.5. The molecule has 0 saturated carbocycles. The molecule has 22 heavy (non-hydrogen) atoms. The number of nitrogens with two attached hydrogens (primary N) is 1. The molecule has 0 atom stereocenters. The molecule has 0 aliphatic heterocycles. The van der Waals surface area contributed by atoms with E-state index in [1.54, 1.807) is 0 Å². The van der Waals surface area contributed by atoms with Gasteiger partial charge in [0.25, 0.3) is 11.6 Å². The first-order valence-electron chi connectivity index (χ1n) is 6.78. The SMILES string of the molecule is CC(C)CN(CCC(=O)O)C(=O)c1cccc([N+](=O)[O-])c1N. The number of carboxylic acids is 1. The number of rotatable bonds is 7. The summed E-state index contributed by atoms with van der Waals surface area (Å²) in [7, 11) is 0. The average Bonchev–Trinajstić information content (AvgIpc) is 2.42. The Morgan fingerprint density at radius 2 is 2.05 bits per heavy atom. The predicted molar refractivity (Wildman–Crippen MR) is 80.5 cm³/mol. The average molecular weight is 309 g/mol. The molecule has 0 fully saturated rings. The Bertz CT molecular complexity index is 586. The molecule has 1 rings (SSSR count). The molecule has 1 aromatic rings. The number of carbonyl (C=O) groups excluding carboxylic acids is 1. The highest BCUT2D eigenvalue weighted by molar-refractivity contribution is 6.01. The van der Waals surface area contributed by atoms with Gasteiger partial charge in [-0.2, -0.15) is 0 Å². The van der Waals surface area contributed by atoms with Gasteiger partial charge in [-0.25, -0.2) is 0 Å². The van der Waals surface area contributed by atoms with Crippen LogP contribution in [0.15, 0.2) is 18.2 Å². The molecule has 120 valence electrons. The number of nitro groups is 1. The maximum Gasteiger partial charge on any atom is 0.305 e. The van der Waals surface area contributed by atoms with E-state index >= 15 is 0 Å². The molecule has 0 unspecified atom stereocenters. The maximum absolute atomic E-state index is 12.5. The van der Waals surface area contributed by atoms with E-state index in [1.165, 1.54) is 23.1 Å². The van der Waals surface area contributed by atoms with Gasteiger partial charge in [-0.1, -0.05) is 19.9 Å². The van der Waals surface area contributed by atoms with Crippen molar-refractivity contribution in [2.45, 2.75) is 20.3 Å². The van der Waals surface area contributed by atoms with E-state index in [-0.39, 0.29) is 35.8 Å². The number of nitrogen functional groups attached to an aromatic ring is 1. The molecule has 0 aliphatic carbocycles. The van der Waals surface area contributed by atoms with Crippen molar-refractivity contribution in [1.29, 1.82) is 0 Å². The number of hydrogen-bond acceptors (Lipinski definition) is 5. The summed E-state index contributed by atoms with van der Waals surface area (Å²) >= 11 is 0. The quantitative estimate of drug-likeness (QED) is 0.449. The first-order chi connectivity index (χ1) is 10.2. The Morgan fingerprint density at radius 3 is 2.55 bits per heavy atom. The topological polar surface area (TPSA) is 127 Å². The molecule has 8 heteroatoms. The second-order valence-corrected chi connectivity index (χ2v) is 5.28. The summed E-state index contributed by atoms with van der Waals surface area (Å²) in [5.74, 6) is -1.40. The molecular weight excluding hydrogens is 290 g/mol. The molecule has 0 radical (unpaired) electrons. The van der Waals surface area contributed by atoms with Gasteiger partial charge in [0, 0.05) is 19.2 Å². The minimum atomic E-state index is -1.02. The third kappa shape index (κ3) is 4.44. The monoisotopic (exact) mass is 309 g/mol. The summed E-state index contributed by atoms with van der Waals surface area (Å²) in [6.45, 7) is 4.14. The molecule has 8 nitrogen and oxygen atoms in total. The maximum atomic E-state index is 12.5. The molecule has 1 amide bonds. The van der Waals surface area contributed by atoms with Gasteiger partial charge in [-0.15, -0.1) is 0 Å². The lowest BCUT2D eigenvalue weighted by Crippen LogP contribution is -2.36. The molecular formula is C14H19N3O5. The van der Waals surface area contributed by atoms with Crippen molar-refractivity contribution in [3.8, 4) is 0 Å². The van der Waals surface area contributed by atoms with Crippen molar-refractivity contribution in [1.82, 2.24) is 4.90 Å². The van der Waals surface area contributed by atoms with Crippen molar-refractivity contribution in [3.63, 3.8) is 0 Å². The molecule has 3 N–H and O–H groups in total.